The molecule has 2 heteroatoms. The number of hydrogen-bond donors (Lipinski definition) is 0. The second-order valence-corrected chi connectivity index (χ2v) is 11.1. The van der Waals surface area contributed by atoms with Gasteiger partial charge in [0.25, 0.3) is 0 Å². The van der Waals surface area contributed by atoms with Gasteiger partial charge >= 0.3 is 0 Å². The molecule has 0 aliphatic carbocycles. The summed E-state index contributed by atoms with van der Waals surface area (Å²) in [6.07, 6.45) is 0. The summed E-state index contributed by atoms with van der Waals surface area (Å²) >= 11 is 0. The van der Waals surface area contributed by atoms with Crippen LogP contribution in [0.25, 0.3) is 77.2 Å². The summed E-state index contributed by atoms with van der Waals surface area (Å²) in [4.78, 5) is 0.318. The van der Waals surface area contributed by atoms with Crippen molar-refractivity contribution in [2.24, 2.45) is 0 Å². The minimum atomic E-state index is -1.38. The number of nitrogens with zero attached hydrogens (tertiary/aromatic N) is 1. The lowest BCUT2D eigenvalue weighted by molar-refractivity contribution is 0.670. The van der Waals surface area contributed by atoms with Crippen molar-refractivity contribution in [3.63, 3.8) is 0 Å². The molecule has 0 bridgehead atoms. The zero-order valence-electron chi connectivity index (χ0n) is 60.9. The molecule has 0 radical (unpaired) electrons. The van der Waals surface area contributed by atoms with E-state index in [2.05, 4.69) is 0 Å². The Morgan fingerprint density at radius 1 is 0.352 bits per heavy atom. The Kier molecular flexibility index (Phi) is 3.03. The Balaban J connectivity index is 1.45. The zero-order valence-corrected chi connectivity index (χ0v) is 26.9. The molecule has 10 rings (SSSR count). The lowest BCUT2D eigenvalue weighted by Gasteiger charge is -2.26. The smallest absolute Gasteiger partial charge is 0.159 e. The minimum absolute atomic E-state index is 0.318. The summed E-state index contributed by atoms with van der Waals surface area (Å²) in [5.41, 5.74) is -12.5. The van der Waals surface area contributed by atoms with Gasteiger partial charge in [-0.25, -0.2) is 0 Å². The van der Waals surface area contributed by atoms with Gasteiger partial charge in [-0.05, 0) is 92.0 Å². The van der Waals surface area contributed by atoms with Gasteiger partial charge in [0.1, 0.15) is 5.58 Å². The largest absolute Gasteiger partial charge is 0.453 e. The van der Waals surface area contributed by atoms with Crippen LogP contribution in [0.3, 0.4) is 0 Å². The summed E-state index contributed by atoms with van der Waals surface area (Å²) in [5, 5.41) is -2.62. The lowest BCUT2D eigenvalue weighted by atomic mass is 9.93. The monoisotopic (exact) mass is 723 g/mol. The summed E-state index contributed by atoms with van der Waals surface area (Å²) in [5.74, 6) is 0. The van der Waals surface area contributed by atoms with Crippen molar-refractivity contribution >= 4 is 49.8 Å². The van der Waals surface area contributed by atoms with Crippen LogP contribution in [0.5, 0.6) is 0 Å². The van der Waals surface area contributed by atoms with Crippen LogP contribution in [-0.4, -0.2) is 0 Å². The molecule has 0 atom stereocenters. The third-order valence-corrected chi connectivity index (χ3v) is 8.00. The molecule has 0 aliphatic heterocycles. The maximum Gasteiger partial charge on any atom is 0.159 e. The van der Waals surface area contributed by atoms with E-state index in [0.717, 1.165) is 6.07 Å². The first kappa shape index (κ1) is 12.2. The Morgan fingerprint density at radius 2 is 0.944 bits per heavy atom. The lowest BCUT2D eigenvalue weighted by Crippen LogP contribution is -2.10. The summed E-state index contributed by atoms with van der Waals surface area (Å²) in [6.45, 7) is 0. The summed E-state index contributed by atoms with van der Waals surface area (Å²) in [7, 11) is 0. The molecular formula is C52H35NO. The summed E-state index contributed by atoms with van der Waals surface area (Å²) < 4.78 is 312. The highest BCUT2D eigenvalue weighted by Gasteiger charge is 2.21. The van der Waals surface area contributed by atoms with Crippen LogP contribution in [0.15, 0.2) is 216 Å². The molecule has 2 nitrogen and oxygen atoms in total. The van der Waals surface area contributed by atoms with Crippen molar-refractivity contribution in [1.29, 1.82) is 0 Å². The van der Waals surface area contributed by atoms with Crippen molar-refractivity contribution in [2.45, 2.75) is 0 Å². The van der Waals surface area contributed by atoms with Crippen LogP contribution in [0.1, 0.15) is 46.6 Å². The molecule has 9 aromatic carbocycles. The van der Waals surface area contributed by atoms with Gasteiger partial charge in [-0.2, -0.15) is 0 Å². The van der Waals surface area contributed by atoms with Crippen LogP contribution in [0.4, 0.5) is 17.1 Å². The molecule has 0 spiro atoms. The molecule has 10 aromatic rings. The number of hydrogen-bond acceptors (Lipinski definition) is 2. The maximum atomic E-state index is 9.89. The molecule has 0 N–H and O–H groups in total. The fourth-order valence-corrected chi connectivity index (χ4v) is 5.66. The Hall–Kier alpha value is -7.16. The standard InChI is InChI=1S/C52H35NO/c1-4-15-36(16-5-1)40-22-12-23-44(34-40)53(50-28-14-27-48-47-26-13-25-46(51(47)54-52(48)50)38-17-6-2-7-18-38)43-31-29-37(30-32-43)42-33-41-21-10-11-24-45(41)49(35-42)39-19-8-3-9-20-39/h1-35H/i1D,2D,3D,4D,5D,6D,7D,8D,9D,10D,11D,12D,13D,14D,15D,16D,17D,18D,19D,20D,21D,22D,23D,25D,26D,27D,28D,29D,30D,31D,32D,33D,34D,35D. The molecule has 0 saturated carbocycles. The van der Waals surface area contributed by atoms with Crippen LogP contribution < -0.4 is 4.90 Å². The predicted molar refractivity (Wildman–Crippen MR) is 228 cm³/mol. The molecule has 54 heavy (non-hydrogen) atoms. The summed E-state index contributed by atoms with van der Waals surface area (Å²) in [6, 6.07) is -35.2. The van der Waals surface area contributed by atoms with Gasteiger partial charge in [-0.1, -0.05) is 169 Å². The van der Waals surface area contributed by atoms with Gasteiger partial charge in [0.15, 0.2) is 5.58 Å². The van der Waals surface area contributed by atoms with Crippen LogP contribution >= 0.6 is 0 Å². The second-order valence-electron chi connectivity index (χ2n) is 11.1. The first-order valence-corrected chi connectivity index (χ1v) is 15.7. The number of anilines is 3. The topological polar surface area (TPSA) is 16.4 Å². The number of benzene rings is 9. The first-order chi connectivity index (χ1) is 40.9. The highest BCUT2D eigenvalue weighted by atomic mass is 16.3. The van der Waals surface area contributed by atoms with Crippen LogP contribution in [-0.2, 0) is 0 Å². The predicted octanol–water partition coefficient (Wildman–Crippen LogP) is 14.9. The zero-order chi connectivity index (χ0) is 65.4. The fourth-order valence-electron chi connectivity index (χ4n) is 5.66. The van der Waals surface area contributed by atoms with Gasteiger partial charge in [0.2, 0.25) is 0 Å². The number of para-hydroxylation sites is 2. The molecule has 1 heterocycles. The molecule has 0 fully saturated rings. The normalized spacial score (nSPS) is 20.1. The second kappa shape index (κ2) is 13.4. The molecule has 0 aliphatic rings. The molecule has 0 amide bonds. The average molecular weight is 724 g/mol. The van der Waals surface area contributed by atoms with Crippen molar-refractivity contribution in [3.05, 3.63) is 212 Å². The highest BCUT2D eigenvalue weighted by molar-refractivity contribution is 6.13. The first-order valence-electron chi connectivity index (χ1n) is 32.7. The Labute approximate surface area is 362 Å². The van der Waals surface area contributed by atoms with E-state index in [9.17, 15) is 17.8 Å². The number of rotatable bonds is 7. The van der Waals surface area contributed by atoms with E-state index in [1.54, 1.807) is 0 Å². The average Bonchev–Trinajstić information content (AvgIpc) is 1.28. The van der Waals surface area contributed by atoms with E-state index in [1.165, 1.54) is 0 Å². The molecule has 254 valence electrons. The number of furan rings is 1. The van der Waals surface area contributed by atoms with Crippen molar-refractivity contribution in [2.75, 3.05) is 4.90 Å². The third-order valence-electron chi connectivity index (χ3n) is 8.00. The molecule has 0 unspecified atom stereocenters. The van der Waals surface area contributed by atoms with E-state index < -0.39 is 300 Å². The van der Waals surface area contributed by atoms with E-state index in [-0.39, 0.29) is 0 Å². The Bertz CT molecular complexity index is 4800. The van der Waals surface area contributed by atoms with Gasteiger partial charge < -0.3 is 9.32 Å². The molecule has 0 saturated heterocycles. The van der Waals surface area contributed by atoms with Gasteiger partial charge in [0, 0.05) is 27.7 Å². The minimum Gasteiger partial charge on any atom is -0.453 e. The molecule has 1 aromatic heterocycles. The van der Waals surface area contributed by atoms with Crippen molar-refractivity contribution in [3.8, 4) is 44.5 Å². The maximum absolute atomic E-state index is 9.89. The van der Waals surface area contributed by atoms with E-state index in [0.29, 0.717) is 4.90 Å². The van der Waals surface area contributed by atoms with E-state index in [4.69, 9.17) is 33.2 Å². The van der Waals surface area contributed by atoms with Gasteiger partial charge in [-0.15, -0.1) is 0 Å². The fraction of sp³-hybridized carbons (Fsp3) is 0. The SMILES string of the molecule is [2H]c1cc2c(-c3c([2H])c([2H])c([2H])c([2H])c3[2H])c([2H])c(-c3c([2H])c([2H])c(N(c4c([2H])c([2H])c([2H])c(-c5c([2H])c([2H])c([2H])c([2H])c5[2H])c4[2H])c4c([2H])c([2H])c([2H])c5c4oc4c(-c6c([2H])c([2H])c([2H])c([2H])c6[2H])c([2H])c([2H])c([2H])c45)c([2H])c3[2H])c([2H])c2c([2H])c1[2H]. The molecular weight excluding hydrogens is 655 g/mol. The van der Waals surface area contributed by atoms with Crippen molar-refractivity contribution < 1.29 is 51.0 Å². The number of fused-ring (bicyclic) bond motifs is 4. The van der Waals surface area contributed by atoms with Gasteiger partial charge in [0.05, 0.1) is 52.3 Å². The van der Waals surface area contributed by atoms with Crippen LogP contribution in [0.2, 0.25) is 0 Å². The van der Waals surface area contributed by atoms with Crippen LogP contribution in [0, 0.1) is 0 Å². The quantitative estimate of drug-likeness (QED) is 0.163. The third kappa shape index (κ3) is 5.62. The van der Waals surface area contributed by atoms with E-state index in [1.807, 2.05) is 0 Å². The Morgan fingerprint density at radius 3 is 1.69 bits per heavy atom. The van der Waals surface area contributed by atoms with Gasteiger partial charge in [-0.3, -0.25) is 0 Å². The van der Waals surface area contributed by atoms with Crippen molar-refractivity contribution in [1.82, 2.24) is 0 Å². The van der Waals surface area contributed by atoms with E-state index >= 15 is 0 Å². The highest BCUT2D eigenvalue weighted by Crippen LogP contribution is 2.45.